The Balaban J connectivity index is 3.14. The highest BCUT2D eigenvalue weighted by Gasteiger charge is 1.97. The fraction of sp³-hybridized carbons (Fsp3) is 0.250. The van der Waals surface area contributed by atoms with Crippen LogP contribution in [0.5, 0.6) is 0 Å². The van der Waals surface area contributed by atoms with Crippen molar-refractivity contribution >= 4 is 17.4 Å². The molecule has 2 heteroatoms. The van der Waals surface area contributed by atoms with Gasteiger partial charge in [-0.2, -0.15) is 0 Å². The summed E-state index contributed by atoms with van der Waals surface area (Å²) in [5.41, 5.74) is 7.75. The molecule has 10 heavy (non-hydrogen) atoms. The zero-order chi connectivity index (χ0) is 7.56. The van der Waals surface area contributed by atoms with E-state index in [0.717, 1.165) is 5.69 Å². The molecule has 54 valence electrons. The predicted molar refractivity (Wildman–Crippen MR) is 47.4 cm³/mol. The van der Waals surface area contributed by atoms with Gasteiger partial charge in [0.25, 0.3) is 0 Å². The molecule has 0 fully saturated rings. The van der Waals surface area contributed by atoms with Crippen LogP contribution in [0.15, 0.2) is 23.1 Å². The first-order chi connectivity index (χ1) is 4.75. The molecule has 0 saturated carbocycles. The van der Waals surface area contributed by atoms with Crippen molar-refractivity contribution in [2.24, 2.45) is 0 Å². The lowest BCUT2D eigenvalue weighted by atomic mass is 10.2. The first kappa shape index (κ1) is 7.48. The maximum Gasteiger partial charge on any atom is 0.0354 e. The Morgan fingerprint density at radius 3 is 2.60 bits per heavy atom. The molecule has 1 nitrogen and oxygen atoms in total. The number of benzene rings is 1. The van der Waals surface area contributed by atoms with Crippen molar-refractivity contribution in [1.29, 1.82) is 0 Å². The summed E-state index contributed by atoms with van der Waals surface area (Å²) in [5, 5.41) is 0. The normalized spacial score (nSPS) is 9.80. The monoisotopic (exact) mass is 153 g/mol. The molecule has 0 aliphatic rings. The molecule has 0 bridgehead atoms. The Labute approximate surface area is 65.6 Å². The molecule has 0 unspecified atom stereocenters. The molecular weight excluding hydrogens is 142 g/mol. The molecule has 0 amide bonds. The number of rotatable bonds is 1. The van der Waals surface area contributed by atoms with Crippen LogP contribution < -0.4 is 5.73 Å². The highest BCUT2D eigenvalue weighted by atomic mass is 32.2. The van der Waals surface area contributed by atoms with E-state index in [2.05, 4.69) is 12.3 Å². The summed E-state index contributed by atoms with van der Waals surface area (Å²) >= 11 is 1.73. The molecule has 0 heterocycles. The quantitative estimate of drug-likeness (QED) is 0.495. The molecule has 1 aromatic rings. The highest BCUT2D eigenvalue weighted by Crippen LogP contribution is 2.23. The van der Waals surface area contributed by atoms with Crippen LogP contribution in [0.25, 0.3) is 0 Å². The van der Waals surface area contributed by atoms with Crippen LogP contribution in [0.4, 0.5) is 5.69 Å². The molecule has 0 aromatic heterocycles. The summed E-state index contributed by atoms with van der Waals surface area (Å²) in [7, 11) is 0. The van der Waals surface area contributed by atoms with E-state index in [9.17, 15) is 0 Å². The van der Waals surface area contributed by atoms with Crippen LogP contribution in [0.3, 0.4) is 0 Å². The van der Waals surface area contributed by atoms with E-state index < -0.39 is 0 Å². The lowest BCUT2D eigenvalue weighted by molar-refractivity contribution is 1.31. The second-order valence-corrected chi connectivity index (χ2v) is 3.02. The van der Waals surface area contributed by atoms with E-state index in [-0.39, 0.29) is 0 Å². The predicted octanol–water partition coefficient (Wildman–Crippen LogP) is 2.30. The number of hydrogen-bond acceptors (Lipinski definition) is 2. The first-order valence-electron chi connectivity index (χ1n) is 3.15. The van der Waals surface area contributed by atoms with E-state index in [1.807, 2.05) is 19.1 Å². The minimum atomic E-state index is 0.881. The highest BCUT2D eigenvalue weighted by molar-refractivity contribution is 7.98. The van der Waals surface area contributed by atoms with Gasteiger partial charge in [0, 0.05) is 10.6 Å². The molecule has 2 N–H and O–H groups in total. The minimum Gasteiger partial charge on any atom is -0.398 e. The molecular formula is C8H11NS. The van der Waals surface area contributed by atoms with E-state index in [1.54, 1.807) is 11.8 Å². The Hall–Kier alpha value is -0.630. The summed E-state index contributed by atoms with van der Waals surface area (Å²) in [6, 6.07) is 5.99. The number of nitrogen functional groups attached to an aromatic ring is 1. The molecule has 1 rings (SSSR count). The van der Waals surface area contributed by atoms with Gasteiger partial charge in [-0.1, -0.05) is 6.07 Å². The summed E-state index contributed by atoms with van der Waals surface area (Å²) in [5.74, 6) is 0. The van der Waals surface area contributed by atoms with Crippen molar-refractivity contribution in [2.75, 3.05) is 12.0 Å². The third-order valence-corrected chi connectivity index (χ3v) is 2.43. The number of anilines is 1. The number of hydrogen-bond donors (Lipinski definition) is 1. The Morgan fingerprint density at radius 1 is 1.40 bits per heavy atom. The van der Waals surface area contributed by atoms with Gasteiger partial charge in [-0.3, -0.25) is 0 Å². The zero-order valence-electron chi connectivity index (χ0n) is 6.22. The number of thioether (sulfide) groups is 1. The molecule has 0 aliphatic heterocycles. The lowest BCUT2D eigenvalue weighted by Crippen LogP contribution is -1.89. The lowest BCUT2D eigenvalue weighted by Gasteiger charge is -2.03. The topological polar surface area (TPSA) is 26.0 Å². The maximum atomic E-state index is 5.68. The average Bonchev–Trinajstić information content (AvgIpc) is 1.95. The van der Waals surface area contributed by atoms with Crippen LogP contribution in [0.2, 0.25) is 0 Å². The third kappa shape index (κ3) is 1.27. The Kier molecular flexibility index (Phi) is 2.22. The molecule has 0 radical (unpaired) electrons. The zero-order valence-corrected chi connectivity index (χ0v) is 7.03. The van der Waals surface area contributed by atoms with Crippen LogP contribution in [0.1, 0.15) is 5.56 Å². The second-order valence-electron chi connectivity index (χ2n) is 2.17. The van der Waals surface area contributed by atoms with Crippen molar-refractivity contribution in [3.8, 4) is 0 Å². The summed E-state index contributed by atoms with van der Waals surface area (Å²) < 4.78 is 0. The smallest absolute Gasteiger partial charge is 0.0354 e. The van der Waals surface area contributed by atoms with Crippen LogP contribution in [0, 0.1) is 6.92 Å². The maximum absolute atomic E-state index is 5.68. The summed E-state index contributed by atoms with van der Waals surface area (Å²) in [6.07, 6.45) is 2.06. The summed E-state index contributed by atoms with van der Waals surface area (Å²) in [4.78, 5) is 1.26. The fourth-order valence-corrected chi connectivity index (χ4v) is 1.49. The Morgan fingerprint density at radius 2 is 2.10 bits per heavy atom. The second kappa shape index (κ2) is 2.97. The number of nitrogens with two attached hydrogens (primary N) is 1. The third-order valence-electron chi connectivity index (χ3n) is 1.55. The van der Waals surface area contributed by atoms with Crippen LogP contribution in [-0.2, 0) is 0 Å². The molecule has 0 atom stereocenters. The largest absolute Gasteiger partial charge is 0.398 e. The Bertz CT molecular complexity index is 233. The average molecular weight is 153 g/mol. The summed E-state index contributed by atoms with van der Waals surface area (Å²) in [6.45, 7) is 2.04. The van der Waals surface area contributed by atoms with Crippen molar-refractivity contribution in [3.63, 3.8) is 0 Å². The van der Waals surface area contributed by atoms with Crippen molar-refractivity contribution in [2.45, 2.75) is 11.8 Å². The van der Waals surface area contributed by atoms with Gasteiger partial charge in [0.15, 0.2) is 0 Å². The molecule has 0 spiro atoms. The van der Waals surface area contributed by atoms with E-state index in [4.69, 9.17) is 5.73 Å². The SMILES string of the molecule is CSc1cccc(N)c1C. The van der Waals surface area contributed by atoms with Crippen LogP contribution in [-0.4, -0.2) is 6.26 Å². The van der Waals surface area contributed by atoms with Gasteiger partial charge in [-0.15, -0.1) is 11.8 Å². The van der Waals surface area contributed by atoms with E-state index in [1.165, 1.54) is 10.5 Å². The van der Waals surface area contributed by atoms with Crippen LogP contribution >= 0.6 is 11.8 Å². The molecule has 0 saturated heterocycles. The molecule has 1 aromatic carbocycles. The minimum absolute atomic E-state index is 0.881. The van der Waals surface area contributed by atoms with Gasteiger partial charge < -0.3 is 5.73 Å². The van der Waals surface area contributed by atoms with Crippen molar-refractivity contribution in [3.05, 3.63) is 23.8 Å². The van der Waals surface area contributed by atoms with Gasteiger partial charge in [0.2, 0.25) is 0 Å². The van der Waals surface area contributed by atoms with Crippen molar-refractivity contribution < 1.29 is 0 Å². The van der Waals surface area contributed by atoms with Gasteiger partial charge in [0.05, 0.1) is 0 Å². The molecule has 0 aliphatic carbocycles. The van der Waals surface area contributed by atoms with Gasteiger partial charge in [0.1, 0.15) is 0 Å². The first-order valence-corrected chi connectivity index (χ1v) is 4.37. The van der Waals surface area contributed by atoms with Crippen molar-refractivity contribution in [1.82, 2.24) is 0 Å². The van der Waals surface area contributed by atoms with Gasteiger partial charge in [-0.25, -0.2) is 0 Å². The van der Waals surface area contributed by atoms with Gasteiger partial charge in [-0.05, 0) is 30.9 Å². The van der Waals surface area contributed by atoms with E-state index in [0.29, 0.717) is 0 Å². The standard InChI is InChI=1S/C8H11NS/c1-6-7(9)4-3-5-8(6)10-2/h3-5H,9H2,1-2H3. The van der Waals surface area contributed by atoms with Gasteiger partial charge >= 0.3 is 0 Å². The van der Waals surface area contributed by atoms with E-state index >= 15 is 0 Å². The fourth-order valence-electron chi connectivity index (χ4n) is 0.853.